The highest BCUT2D eigenvalue weighted by Crippen LogP contribution is 2.23. The molecule has 124 valence electrons. The normalized spacial score (nSPS) is 29.0. The van der Waals surface area contributed by atoms with Crippen LogP contribution >= 0.6 is 0 Å². The second kappa shape index (κ2) is 7.58. The van der Waals surface area contributed by atoms with Crippen LogP contribution in [0.1, 0.15) is 39.0 Å². The minimum absolute atomic E-state index is 0.0669. The molecule has 3 unspecified atom stereocenters. The van der Waals surface area contributed by atoms with Crippen LogP contribution in [0.2, 0.25) is 0 Å². The van der Waals surface area contributed by atoms with E-state index in [9.17, 15) is 14.4 Å². The van der Waals surface area contributed by atoms with E-state index in [1.165, 1.54) is 6.42 Å². The number of carboxylic acid groups (broad SMARTS) is 1. The number of carboxylic acids is 1. The number of nitrogens with one attached hydrogen (secondary N) is 2. The maximum Gasteiger partial charge on any atom is 0.321 e. The van der Waals surface area contributed by atoms with E-state index in [0.717, 1.165) is 19.3 Å². The van der Waals surface area contributed by atoms with E-state index >= 15 is 0 Å². The van der Waals surface area contributed by atoms with E-state index < -0.39 is 17.9 Å². The third-order valence-corrected chi connectivity index (χ3v) is 4.67. The van der Waals surface area contributed by atoms with Crippen molar-refractivity contribution >= 4 is 17.9 Å². The van der Waals surface area contributed by atoms with Crippen molar-refractivity contribution in [2.75, 3.05) is 19.6 Å². The number of urea groups is 1. The molecule has 3 N–H and O–H groups in total. The van der Waals surface area contributed by atoms with Gasteiger partial charge in [0.15, 0.2) is 0 Å². The summed E-state index contributed by atoms with van der Waals surface area (Å²) in [6, 6.07) is -0.317. The van der Waals surface area contributed by atoms with Gasteiger partial charge in [-0.25, -0.2) is 4.79 Å². The summed E-state index contributed by atoms with van der Waals surface area (Å²) in [7, 11) is 0. The largest absolute Gasteiger partial charge is 0.481 e. The van der Waals surface area contributed by atoms with Gasteiger partial charge < -0.3 is 10.4 Å². The van der Waals surface area contributed by atoms with Gasteiger partial charge in [-0.05, 0) is 31.7 Å². The first-order valence-electron chi connectivity index (χ1n) is 8.01. The second-order valence-corrected chi connectivity index (χ2v) is 6.45. The SMILES string of the molecule is CC1CCCCC1NC(=O)NC(=O)CN1CCC(C(=O)O)C1. The summed E-state index contributed by atoms with van der Waals surface area (Å²) in [6.45, 7) is 3.12. The quantitative estimate of drug-likeness (QED) is 0.713. The lowest BCUT2D eigenvalue weighted by Gasteiger charge is -2.29. The Morgan fingerprint density at radius 1 is 1.18 bits per heavy atom. The van der Waals surface area contributed by atoms with Gasteiger partial charge in [0.05, 0.1) is 12.5 Å². The lowest BCUT2D eigenvalue weighted by Crippen LogP contribution is -2.49. The van der Waals surface area contributed by atoms with Crippen molar-refractivity contribution in [1.82, 2.24) is 15.5 Å². The summed E-state index contributed by atoms with van der Waals surface area (Å²) in [5.41, 5.74) is 0. The van der Waals surface area contributed by atoms with Crippen LogP contribution in [0, 0.1) is 11.8 Å². The summed E-state index contributed by atoms with van der Waals surface area (Å²) in [6.07, 6.45) is 4.90. The van der Waals surface area contributed by atoms with Gasteiger partial charge in [-0.2, -0.15) is 0 Å². The Morgan fingerprint density at radius 2 is 1.91 bits per heavy atom. The lowest BCUT2D eigenvalue weighted by molar-refractivity contribution is -0.141. The van der Waals surface area contributed by atoms with Crippen LogP contribution in [0.4, 0.5) is 4.79 Å². The van der Waals surface area contributed by atoms with Crippen molar-refractivity contribution in [2.24, 2.45) is 11.8 Å². The summed E-state index contributed by atoms with van der Waals surface area (Å²) < 4.78 is 0. The molecule has 2 rings (SSSR count). The Morgan fingerprint density at radius 3 is 2.55 bits per heavy atom. The monoisotopic (exact) mass is 311 g/mol. The lowest BCUT2D eigenvalue weighted by atomic mass is 9.86. The molecule has 1 aliphatic heterocycles. The molecule has 1 saturated heterocycles. The van der Waals surface area contributed by atoms with Crippen molar-refractivity contribution in [3.63, 3.8) is 0 Å². The number of amides is 3. The highest BCUT2D eigenvalue weighted by molar-refractivity contribution is 5.95. The van der Waals surface area contributed by atoms with E-state index in [1.54, 1.807) is 4.90 Å². The van der Waals surface area contributed by atoms with Gasteiger partial charge in [0, 0.05) is 12.6 Å². The summed E-state index contributed by atoms with van der Waals surface area (Å²) >= 11 is 0. The average Bonchev–Trinajstić information content (AvgIpc) is 2.89. The molecular formula is C15H25N3O4. The molecular weight excluding hydrogens is 286 g/mol. The second-order valence-electron chi connectivity index (χ2n) is 6.45. The number of carbonyl (C=O) groups excluding carboxylic acids is 2. The van der Waals surface area contributed by atoms with Gasteiger partial charge in [-0.3, -0.25) is 19.8 Å². The van der Waals surface area contributed by atoms with Crippen molar-refractivity contribution < 1.29 is 19.5 Å². The first-order chi connectivity index (χ1) is 10.5. The van der Waals surface area contributed by atoms with Crippen LogP contribution in [0.15, 0.2) is 0 Å². The molecule has 0 bridgehead atoms. The van der Waals surface area contributed by atoms with Gasteiger partial charge in [0.1, 0.15) is 0 Å². The third kappa shape index (κ3) is 4.69. The van der Waals surface area contributed by atoms with Crippen LogP contribution in [-0.4, -0.2) is 53.6 Å². The Bertz CT molecular complexity index is 441. The number of carbonyl (C=O) groups is 3. The minimum atomic E-state index is -0.827. The van der Waals surface area contributed by atoms with Gasteiger partial charge in [-0.15, -0.1) is 0 Å². The first kappa shape index (κ1) is 16.7. The molecule has 2 aliphatic rings. The zero-order valence-corrected chi connectivity index (χ0v) is 13.0. The maximum absolute atomic E-state index is 11.9. The molecule has 0 radical (unpaired) electrons. The van der Waals surface area contributed by atoms with Crippen molar-refractivity contribution in [3.8, 4) is 0 Å². The first-order valence-corrected chi connectivity index (χ1v) is 8.01. The molecule has 2 fully saturated rings. The molecule has 7 heteroatoms. The third-order valence-electron chi connectivity index (χ3n) is 4.67. The topological polar surface area (TPSA) is 98.7 Å². The Hall–Kier alpha value is -1.63. The van der Waals surface area contributed by atoms with Gasteiger partial charge in [0.2, 0.25) is 5.91 Å². The molecule has 1 heterocycles. The summed E-state index contributed by atoms with van der Waals surface area (Å²) in [4.78, 5) is 36.3. The van der Waals surface area contributed by atoms with Crippen LogP contribution in [0.5, 0.6) is 0 Å². The molecule has 0 aromatic heterocycles. The maximum atomic E-state index is 11.9. The Kier molecular flexibility index (Phi) is 5.76. The summed E-state index contributed by atoms with van der Waals surface area (Å²) in [5, 5.41) is 14.1. The number of imide groups is 1. The number of rotatable bonds is 4. The molecule has 1 saturated carbocycles. The van der Waals surface area contributed by atoms with Crippen LogP contribution < -0.4 is 10.6 Å². The number of hydrogen-bond donors (Lipinski definition) is 3. The smallest absolute Gasteiger partial charge is 0.321 e. The molecule has 0 spiro atoms. The average molecular weight is 311 g/mol. The van der Waals surface area contributed by atoms with Crippen molar-refractivity contribution in [1.29, 1.82) is 0 Å². The number of aliphatic carboxylic acids is 1. The number of nitrogens with zero attached hydrogens (tertiary/aromatic N) is 1. The van der Waals surface area contributed by atoms with Crippen LogP contribution in [0.3, 0.4) is 0 Å². The van der Waals surface area contributed by atoms with E-state index in [0.29, 0.717) is 25.4 Å². The zero-order valence-electron chi connectivity index (χ0n) is 13.0. The molecule has 1 aliphatic carbocycles. The standard InChI is InChI=1S/C15H25N3O4/c1-10-4-2-3-5-12(10)16-15(22)17-13(19)9-18-7-6-11(8-18)14(20)21/h10-12H,2-9H2,1H3,(H,20,21)(H2,16,17,19,22). The molecule has 3 amide bonds. The molecule has 0 aromatic carbocycles. The van der Waals surface area contributed by atoms with E-state index in [2.05, 4.69) is 17.6 Å². The fraction of sp³-hybridized carbons (Fsp3) is 0.800. The van der Waals surface area contributed by atoms with E-state index in [-0.39, 0.29) is 18.5 Å². The van der Waals surface area contributed by atoms with Crippen molar-refractivity contribution in [2.45, 2.75) is 45.1 Å². The van der Waals surface area contributed by atoms with Gasteiger partial charge in [-0.1, -0.05) is 19.8 Å². The van der Waals surface area contributed by atoms with E-state index in [1.807, 2.05) is 0 Å². The molecule has 3 atom stereocenters. The van der Waals surface area contributed by atoms with Crippen LogP contribution in [-0.2, 0) is 9.59 Å². The van der Waals surface area contributed by atoms with Crippen LogP contribution in [0.25, 0.3) is 0 Å². The molecule has 22 heavy (non-hydrogen) atoms. The fourth-order valence-corrected chi connectivity index (χ4v) is 3.28. The Balaban J connectivity index is 1.70. The highest BCUT2D eigenvalue weighted by atomic mass is 16.4. The van der Waals surface area contributed by atoms with E-state index in [4.69, 9.17) is 5.11 Å². The predicted molar refractivity (Wildman–Crippen MR) is 80.3 cm³/mol. The summed E-state index contributed by atoms with van der Waals surface area (Å²) in [5.74, 6) is -1.19. The zero-order chi connectivity index (χ0) is 16.1. The Labute approximate surface area is 130 Å². The molecule has 7 nitrogen and oxygen atoms in total. The fourth-order valence-electron chi connectivity index (χ4n) is 3.28. The molecule has 0 aromatic rings. The van der Waals surface area contributed by atoms with Gasteiger partial charge in [0.25, 0.3) is 0 Å². The van der Waals surface area contributed by atoms with Crippen molar-refractivity contribution in [3.05, 3.63) is 0 Å². The number of likely N-dealkylation sites (tertiary alicyclic amines) is 1. The van der Waals surface area contributed by atoms with Gasteiger partial charge >= 0.3 is 12.0 Å². The predicted octanol–water partition coefficient (Wildman–Crippen LogP) is 0.797. The highest BCUT2D eigenvalue weighted by Gasteiger charge is 2.29. The number of hydrogen-bond acceptors (Lipinski definition) is 4. The minimum Gasteiger partial charge on any atom is -0.481 e.